The van der Waals surface area contributed by atoms with Gasteiger partial charge in [-0.15, -0.1) is 0 Å². The van der Waals surface area contributed by atoms with Crippen molar-refractivity contribution in [2.75, 3.05) is 37.6 Å². The van der Waals surface area contributed by atoms with Gasteiger partial charge < -0.3 is 19.7 Å². The van der Waals surface area contributed by atoms with Crippen molar-refractivity contribution >= 4 is 17.2 Å². The smallest absolute Gasteiger partial charge is 0.279 e. The van der Waals surface area contributed by atoms with Crippen LogP contribution in [0.5, 0.6) is 0 Å². The summed E-state index contributed by atoms with van der Waals surface area (Å²) in [5.74, 6) is -0.406. The molecule has 9 heteroatoms. The van der Waals surface area contributed by atoms with Crippen LogP contribution in [0.4, 0.5) is 10.1 Å². The lowest BCUT2D eigenvalue weighted by molar-refractivity contribution is 0.0748. The van der Waals surface area contributed by atoms with E-state index in [-0.39, 0.29) is 17.3 Å². The first-order chi connectivity index (χ1) is 14.6. The molecule has 1 amide bonds. The van der Waals surface area contributed by atoms with Gasteiger partial charge in [0.25, 0.3) is 11.5 Å². The Bertz CT molecular complexity index is 1190. The molecule has 0 aliphatic carbocycles. The number of carbonyl (C=O) groups is 1. The number of para-hydroxylation sites is 1. The molecule has 2 aliphatic heterocycles. The molecule has 0 saturated carbocycles. The minimum absolute atomic E-state index is 0.151. The van der Waals surface area contributed by atoms with Crippen molar-refractivity contribution in [2.45, 2.75) is 13.0 Å². The zero-order valence-electron chi connectivity index (χ0n) is 16.8. The van der Waals surface area contributed by atoms with Crippen LogP contribution in [0.1, 0.15) is 21.6 Å². The molecule has 0 bridgehead atoms. The first-order valence-corrected chi connectivity index (χ1v) is 10.1. The van der Waals surface area contributed by atoms with E-state index in [0.29, 0.717) is 55.2 Å². The second kappa shape index (κ2) is 7.24. The number of benzene rings is 1. The highest BCUT2D eigenvalue weighted by Crippen LogP contribution is 2.22. The van der Waals surface area contributed by atoms with E-state index in [2.05, 4.69) is 10.4 Å². The Morgan fingerprint density at radius 2 is 1.93 bits per heavy atom. The Morgan fingerprint density at radius 1 is 1.17 bits per heavy atom. The third kappa shape index (κ3) is 2.88. The third-order valence-corrected chi connectivity index (χ3v) is 6.10. The zero-order chi connectivity index (χ0) is 20.8. The lowest BCUT2D eigenvalue weighted by atomic mass is 10.1. The maximum absolute atomic E-state index is 14.1. The molecule has 1 N–H and O–H groups in total. The molecule has 1 fully saturated rings. The van der Waals surface area contributed by atoms with E-state index in [1.807, 2.05) is 22.6 Å². The second-order valence-electron chi connectivity index (χ2n) is 7.74. The van der Waals surface area contributed by atoms with Crippen LogP contribution >= 0.6 is 0 Å². The molecule has 3 aromatic rings. The molecular formula is C21H23FN6O2. The minimum atomic E-state index is -0.255. The highest BCUT2D eigenvalue weighted by Gasteiger charge is 2.28. The fraction of sp³-hybridized carbons (Fsp3) is 0.381. The van der Waals surface area contributed by atoms with Gasteiger partial charge in [0, 0.05) is 58.4 Å². The number of aromatic nitrogens is 3. The van der Waals surface area contributed by atoms with Crippen LogP contribution in [0.25, 0.3) is 5.65 Å². The number of hydrogen-bond acceptors (Lipinski definition) is 5. The number of carbonyl (C=O) groups excluding carboxylic acids is 1. The van der Waals surface area contributed by atoms with Crippen LogP contribution in [-0.2, 0) is 20.0 Å². The number of nitrogens with one attached hydrogen (secondary N) is 1. The van der Waals surface area contributed by atoms with E-state index >= 15 is 0 Å². The van der Waals surface area contributed by atoms with Gasteiger partial charge in [0.1, 0.15) is 11.4 Å². The number of hydrogen-bond donors (Lipinski definition) is 1. The monoisotopic (exact) mass is 410 g/mol. The number of anilines is 1. The first-order valence-electron chi connectivity index (χ1n) is 10.1. The molecular weight excluding hydrogens is 387 g/mol. The van der Waals surface area contributed by atoms with Crippen LogP contribution in [0.3, 0.4) is 0 Å². The van der Waals surface area contributed by atoms with Crippen molar-refractivity contribution in [1.29, 1.82) is 0 Å². The number of halogens is 1. The van der Waals surface area contributed by atoms with Gasteiger partial charge >= 0.3 is 0 Å². The number of aryl methyl sites for hydroxylation is 1. The van der Waals surface area contributed by atoms with Crippen LogP contribution < -0.4 is 15.8 Å². The summed E-state index contributed by atoms with van der Waals surface area (Å²) in [5, 5.41) is 7.44. The van der Waals surface area contributed by atoms with Gasteiger partial charge in [-0.25, -0.2) is 4.39 Å². The van der Waals surface area contributed by atoms with Crippen molar-refractivity contribution < 1.29 is 9.18 Å². The van der Waals surface area contributed by atoms with Crippen molar-refractivity contribution in [3.05, 3.63) is 63.5 Å². The number of piperazine rings is 1. The van der Waals surface area contributed by atoms with Crippen molar-refractivity contribution in [1.82, 2.24) is 24.4 Å². The molecule has 1 saturated heterocycles. The van der Waals surface area contributed by atoms with E-state index in [1.165, 1.54) is 16.8 Å². The molecule has 5 rings (SSSR count). The molecule has 30 heavy (non-hydrogen) atoms. The topological polar surface area (TPSA) is 74.9 Å². The van der Waals surface area contributed by atoms with Gasteiger partial charge in [-0.2, -0.15) is 9.61 Å². The minimum Gasteiger partial charge on any atom is -0.366 e. The van der Waals surface area contributed by atoms with Crippen LogP contribution in [-0.4, -0.2) is 57.7 Å². The van der Waals surface area contributed by atoms with E-state index in [9.17, 15) is 14.0 Å². The summed E-state index contributed by atoms with van der Waals surface area (Å²) in [7, 11) is 1.88. The summed E-state index contributed by atoms with van der Waals surface area (Å²) >= 11 is 0. The van der Waals surface area contributed by atoms with Gasteiger partial charge in [0.05, 0.1) is 17.4 Å². The Balaban J connectivity index is 1.43. The lowest BCUT2D eigenvalue weighted by Crippen LogP contribution is -2.49. The summed E-state index contributed by atoms with van der Waals surface area (Å²) in [4.78, 5) is 29.8. The van der Waals surface area contributed by atoms with Crippen molar-refractivity contribution in [3.8, 4) is 0 Å². The summed E-state index contributed by atoms with van der Waals surface area (Å²) in [6.45, 7) is 3.36. The maximum atomic E-state index is 14.1. The first kappa shape index (κ1) is 18.8. The maximum Gasteiger partial charge on any atom is 0.279 e. The number of nitrogens with zero attached hydrogens (tertiary/aromatic N) is 5. The summed E-state index contributed by atoms with van der Waals surface area (Å²) in [6, 6.07) is 6.68. The lowest BCUT2D eigenvalue weighted by Gasteiger charge is -2.36. The highest BCUT2D eigenvalue weighted by atomic mass is 19.1. The van der Waals surface area contributed by atoms with Crippen molar-refractivity contribution in [2.24, 2.45) is 7.05 Å². The summed E-state index contributed by atoms with van der Waals surface area (Å²) in [6.07, 6.45) is 2.22. The molecule has 0 radical (unpaired) electrons. The second-order valence-corrected chi connectivity index (χ2v) is 7.74. The van der Waals surface area contributed by atoms with Crippen LogP contribution in [0, 0.1) is 5.82 Å². The van der Waals surface area contributed by atoms with Gasteiger partial charge in [0.2, 0.25) is 0 Å². The summed E-state index contributed by atoms with van der Waals surface area (Å²) < 4.78 is 17.3. The Labute approximate surface area is 172 Å². The highest BCUT2D eigenvalue weighted by molar-refractivity contribution is 6.00. The quantitative estimate of drug-likeness (QED) is 0.676. The Kier molecular flexibility index (Phi) is 4.54. The van der Waals surface area contributed by atoms with Crippen LogP contribution in [0.2, 0.25) is 0 Å². The molecule has 4 heterocycles. The average Bonchev–Trinajstić information content (AvgIpc) is 3.23. The van der Waals surface area contributed by atoms with Crippen molar-refractivity contribution in [3.63, 3.8) is 0 Å². The largest absolute Gasteiger partial charge is 0.366 e. The predicted octanol–water partition coefficient (Wildman–Crippen LogP) is 0.780. The molecule has 0 spiro atoms. The normalized spacial score (nSPS) is 16.7. The van der Waals surface area contributed by atoms with Gasteiger partial charge in [-0.05, 0) is 12.1 Å². The molecule has 8 nitrogen and oxygen atoms in total. The van der Waals surface area contributed by atoms with E-state index < -0.39 is 0 Å². The number of fused-ring (bicyclic) bond motifs is 2. The molecule has 0 atom stereocenters. The summed E-state index contributed by atoms with van der Waals surface area (Å²) in [5.41, 5.74) is 3.00. The Hall–Kier alpha value is -3.20. The predicted molar refractivity (Wildman–Crippen MR) is 110 cm³/mol. The fourth-order valence-electron chi connectivity index (χ4n) is 4.49. The van der Waals surface area contributed by atoms with Gasteiger partial charge in [0.15, 0.2) is 5.65 Å². The number of rotatable bonds is 2. The third-order valence-electron chi connectivity index (χ3n) is 6.10. The number of amides is 1. The van der Waals surface area contributed by atoms with Crippen LogP contribution in [0.15, 0.2) is 35.3 Å². The van der Waals surface area contributed by atoms with E-state index in [0.717, 1.165) is 18.7 Å². The molecule has 2 aliphatic rings. The van der Waals surface area contributed by atoms with E-state index in [4.69, 9.17) is 0 Å². The van der Waals surface area contributed by atoms with Gasteiger partial charge in [-0.1, -0.05) is 12.1 Å². The molecule has 156 valence electrons. The standard InChI is InChI=1S/C21H23FN6O2/c1-25-17-6-7-23-12-14(17)21(30)28-19(25)15(13-24-28)20(29)27-10-8-26(9-11-27)18-5-3-2-4-16(18)22/h2-5,13,23H,6-12H2,1H3. The molecule has 2 aromatic heterocycles. The fourth-order valence-corrected chi connectivity index (χ4v) is 4.49. The molecule has 1 aromatic carbocycles. The molecule has 0 unspecified atom stereocenters. The average molecular weight is 410 g/mol. The Morgan fingerprint density at radius 3 is 2.70 bits per heavy atom. The van der Waals surface area contributed by atoms with E-state index in [1.54, 1.807) is 17.0 Å². The van der Waals surface area contributed by atoms with Gasteiger partial charge in [-0.3, -0.25) is 9.59 Å². The zero-order valence-corrected chi connectivity index (χ0v) is 16.8. The SMILES string of the molecule is Cn1c2c(c(=O)n3ncc(C(=O)N4CCN(c5ccccc5F)CC4)c13)CNCC2.